The maximum absolute atomic E-state index is 12.1. The molecule has 20 heavy (non-hydrogen) atoms. The molecule has 0 unspecified atom stereocenters. The summed E-state index contributed by atoms with van der Waals surface area (Å²) in [6.45, 7) is 6.39. The van der Waals surface area contributed by atoms with E-state index in [4.69, 9.17) is 4.74 Å². The highest BCUT2D eigenvalue weighted by Gasteiger charge is 2.30. The van der Waals surface area contributed by atoms with Gasteiger partial charge in [0.2, 0.25) is 0 Å². The Labute approximate surface area is 119 Å². The van der Waals surface area contributed by atoms with Crippen LogP contribution in [-0.4, -0.2) is 39.1 Å². The maximum atomic E-state index is 12.1. The summed E-state index contributed by atoms with van der Waals surface area (Å²) < 4.78 is 5.43. The number of hydrogen-bond acceptors (Lipinski definition) is 4. The first-order valence-corrected chi connectivity index (χ1v) is 6.88. The number of carbonyl (C=O) groups is 1. The molecular weight excluding hydrogens is 254 g/mol. The Bertz CT molecular complexity index is 480. The zero-order valence-electron chi connectivity index (χ0n) is 12.2. The van der Waals surface area contributed by atoms with Crippen LogP contribution in [0.5, 0.6) is 0 Å². The molecular formula is C15H21N3O2. The van der Waals surface area contributed by atoms with Gasteiger partial charge in [0.05, 0.1) is 6.04 Å². The molecule has 1 atom stereocenters. The fraction of sp³-hybridized carbons (Fsp3) is 0.533. The molecule has 1 aromatic rings. The molecule has 1 fully saturated rings. The SMILES string of the molecule is CC(C)(C)OC(=O)N1CCC[C@@H]1/C=C/c1cncnc1. The molecule has 1 saturated heterocycles. The smallest absolute Gasteiger partial charge is 0.410 e. The zero-order valence-corrected chi connectivity index (χ0v) is 12.2. The van der Waals surface area contributed by atoms with Crippen LogP contribution < -0.4 is 0 Å². The lowest BCUT2D eigenvalue weighted by molar-refractivity contribution is 0.0256. The molecule has 108 valence electrons. The van der Waals surface area contributed by atoms with Gasteiger partial charge in [-0.1, -0.05) is 12.2 Å². The first-order chi connectivity index (χ1) is 9.46. The van der Waals surface area contributed by atoms with Crippen molar-refractivity contribution in [1.29, 1.82) is 0 Å². The van der Waals surface area contributed by atoms with E-state index in [1.54, 1.807) is 17.3 Å². The van der Waals surface area contributed by atoms with Crippen molar-refractivity contribution in [2.24, 2.45) is 0 Å². The van der Waals surface area contributed by atoms with Crippen LogP contribution in [0.2, 0.25) is 0 Å². The van der Waals surface area contributed by atoms with Gasteiger partial charge in [0.15, 0.2) is 0 Å². The molecule has 1 amide bonds. The highest BCUT2D eigenvalue weighted by Crippen LogP contribution is 2.22. The largest absolute Gasteiger partial charge is 0.444 e. The fourth-order valence-corrected chi connectivity index (χ4v) is 2.16. The minimum atomic E-state index is -0.457. The number of hydrogen-bond donors (Lipinski definition) is 0. The molecule has 5 heteroatoms. The number of nitrogens with zero attached hydrogens (tertiary/aromatic N) is 3. The number of likely N-dealkylation sites (tertiary alicyclic amines) is 1. The normalized spacial score (nSPS) is 19.6. The van der Waals surface area contributed by atoms with Crippen molar-refractivity contribution in [3.8, 4) is 0 Å². The van der Waals surface area contributed by atoms with E-state index in [-0.39, 0.29) is 12.1 Å². The van der Waals surface area contributed by atoms with Crippen LogP contribution in [0, 0.1) is 0 Å². The van der Waals surface area contributed by atoms with Crippen LogP contribution in [0.4, 0.5) is 4.79 Å². The van der Waals surface area contributed by atoms with E-state index in [1.807, 2.05) is 32.9 Å². The van der Waals surface area contributed by atoms with E-state index in [9.17, 15) is 4.79 Å². The van der Waals surface area contributed by atoms with Gasteiger partial charge in [-0.05, 0) is 33.6 Å². The van der Waals surface area contributed by atoms with E-state index in [0.29, 0.717) is 0 Å². The van der Waals surface area contributed by atoms with Gasteiger partial charge in [-0.2, -0.15) is 0 Å². The monoisotopic (exact) mass is 275 g/mol. The van der Waals surface area contributed by atoms with Crippen LogP contribution >= 0.6 is 0 Å². The molecule has 0 bridgehead atoms. The zero-order chi connectivity index (χ0) is 14.6. The second-order valence-corrected chi connectivity index (χ2v) is 5.91. The topological polar surface area (TPSA) is 55.3 Å². The van der Waals surface area contributed by atoms with Gasteiger partial charge in [0.1, 0.15) is 11.9 Å². The molecule has 0 saturated carbocycles. The van der Waals surface area contributed by atoms with Gasteiger partial charge < -0.3 is 9.64 Å². The van der Waals surface area contributed by atoms with Gasteiger partial charge in [0.25, 0.3) is 0 Å². The summed E-state index contributed by atoms with van der Waals surface area (Å²) in [6.07, 6.45) is 10.7. The number of carbonyl (C=O) groups excluding carboxylic acids is 1. The molecule has 1 aliphatic heterocycles. The molecule has 5 nitrogen and oxygen atoms in total. The van der Waals surface area contributed by atoms with Crippen molar-refractivity contribution >= 4 is 12.2 Å². The number of ether oxygens (including phenoxy) is 1. The molecule has 2 heterocycles. The third-order valence-corrected chi connectivity index (χ3v) is 3.02. The van der Waals surface area contributed by atoms with Gasteiger partial charge in [-0.3, -0.25) is 0 Å². The Hall–Kier alpha value is -1.91. The number of aromatic nitrogens is 2. The summed E-state index contributed by atoms with van der Waals surface area (Å²) in [5, 5.41) is 0. The summed E-state index contributed by atoms with van der Waals surface area (Å²) >= 11 is 0. The average Bonchev–Trinajstić information content (AvgIpc) is 2.84. The Morgan fingerprint density at radius 1 is 1.40 bits per heavy atom. The highest BCUT2D eigenvalue weighted by molar-refractivity contribution is 5.69. The van der Waals surface area contributed by atoms with E-state index >= 15 is 0 Å². The lowest BCUT2D eigenvalue weighted by Crippen LogP contribution is -2.39. The first-order valence-electron chi connectivity index (χ1n) is 6.88. The summed E-state index contributed by atoms with van der Waals surface area (Å²) in [5.74, 6) is 0. The third-order valence-electron chi connectivity index (χ3n) is 3.02. The molecule has 0 aromatic carbocycles. The molecule has 2 rings (SSSR count). The van der Waals surface area contributed by atoms with Crippen molar-refractivity contribution < 1.29 is 9.53 Å². The summed E-state index contributed by atoms with van der Waals surface area (Å²) in [5.41, 5.74) is 0.477. The van der Waals surface area contributed by atoms with Crippen molar-refractivity contribution in [3.05, 3.63) is 30.4 Å². The second-order valence-electron chi connectivity index (χ2n) is 5.91. The number of amides is 1. The summed E-state index contributed by atoms with van der Waals surface area (Å²) in [4.78, 5) is 21.8. The minimum Gasteiger partial charge on any atom is -0.444 e. The van der Waals surface area contributed by atoms with E-state index in [1.165, 1.54) is 6.33 Å². The van der Waals surface area contributed by atoms with Crippen molar-refractivity contribution in [1.82, 2.24) is 14.9 Å². The first kappa shape index (κ1) is 14.5. The fourth-order valence-electron chi connectivity index (χ4n) is 2.16. The lowest BCUT2D eigenvalue weighted by Gasteiger charge is -2.27. The molecule has 0 aliphatic carbocycles. The Kier molecular flexibility index (Phi) is 4.37. The highest BCUT2D eigenvalue weighted by atomic mass is 16.6. The minimum absolute atomic E-state index is 0.0880. The Balaban J connectivity index is 2.01. The molecule has 0 N–H and O–H groups in total. The molecule has 0 radical (unpaired) electrons. The predicted octanol–water partition coefficient (Wildman–Crippen LogP) is 2.89. The van der Waals surface area contributed by atoms with Gasteiger partial charge >= 0.3 is 6.09 Å². The molecule has 1 aliphatic rings. The molecule has 0 spiro atoms. The predicted molar refractivity (Wildman–Crippen MR) is 77.0 cm³/mol. The second kappa shape index (κ2) is 6.03. The van der Waals surface area contributed by atoms with E-state index in [2.05, 4.69) is 9.97 Å². The van der Waals surface area contributed by atoms with Crippen LogP contribution in [0.25, 0.3) is 6.08 Å². The number of rotatable bonds is 2. The molecule has 1 aromatic heterocycles. The van der Waals surface area contributed by atoms with Gasteiger partial charge in [-0.25, -0.2) is 14.8 Å². The van der Waals surface area contributed by atoms with Gasteiger partial charge in [0, 0.05) is 24.5 Å². The summed E-state index contributed by atoms with van der Waals surface area (Å²) in [6, 6.07) is 0.0880. The average molecular weight is 275 g/mol. The van der Waals surface area contributed by atoms with E-state index in [0.717, 1.165) is 24.9 Å². The van der Waals surface area contributed by atoms with Crippen molar-refractivity contribution in [2.45, 2.75) is 45.3 Å². The summed E-state index contributed by atoms with van der Waals surface area (Å²) in [7, 11) is 0. The Morgan fingerprint density at radius 2 is 2.10 bits per heavy atom. The third kappa shape index (κ3) is 4.05. The maximum Gasteiger partial charge on any atom is 0.410 e. The van der Waals surface area contributed by atoms with Gasteiger partial charge in [-0.15, -0.1) is 0 Å². The van der Waals surface area contributed by atoms with Crippen LogP contribution in [0.1, 0.15) is 39.2 Å². The van der Waals surface area contributed by atoms with E-state index < -0.39 is 5.60 Å². The lowest BCUT2D eigenvalue weighted by atomic mass is 10.2. The standard InChI is InChI=1S/C15H21N3O2/c1-15(2,3)20-14(19)18-8-4-5-13(18)7-6-12-9-16-11-17-10-12/h6-7,9-11,13H,4-5,8H2,1-3H3/b7-6+/t13-/m1/s1. The van der Waals surface area contributed by atoms with Crippen LogP contribution in [-0.2, 0) is 4.74 Å². The van der Waals surface area contributed by atoms with Crippen molar-refractivity contribution in [2.75, 3.05) is 6.54 Å². The van der Waals surface area contributed by atoms with Crippen molar-refractivity contribution in [3.63, 3.8) is 0 Å². The Morgan fingerprint density at radius 3 is 2.75 bits per heavy atom. The van der Waals surface area contributed by atoms with Crippen LogP contribution in [0.3, 0.4) is 0 Å². The van der Waals surface area contributed by atoms with Crippen LogP contribution in [0.15, 0.2) is 24.8 Å². The quantitative estimate of drug-likeness (QED) is 0.832.